The quantitative estimate of drug-likeness (QED) is 0.773. The second-order valence-electron chi connectivity index (χ2n) is 5.28. The fourth-order valence-electron chi connectivity index (χ4n) is 2.60. The number of nitrogens with zero attached hydrogens (tertiary/aromatic N) is 1. The molecular weight excluding hydrogens is 302 g/mol. The number of hydrogen-bond acceptors (Lipinski definition) is 6. The summed E-state index contributed by atoms with van der Waals surface area (Å²) in [5.41, 5.74) is 3.03. The third-order valence-corrected chi connectivity index (χ3v) is 4.53. The lowest BCUT2D eigenvalue weighted by atomic mass is 10.1. The highest BCUT2D eigenvalue weighted by Crippen LogP contribution is 2.27. The van der Waals surface area contributed by atoms with Crippen LogP contribution in [-0.4, -0.2) is 29.2 Å². The molecule has 0 unspecified atom stereocenters. The van der Waals surface area contributed by atoms with E-state index in [1.807, 2.05) is 23.6 Å². The summed E-state index contributed by atoms with van der Waals surface area (Å²) in [7, 11) is 0. The maximum atomic E-state index is 11.2. The van der Waals surface area contributed by atoms with Gasteiger partial charge in [-0.3, -0.25) is 4.98 Å². The van der Waals surface area contributed by atoms with Crippen LogP contribution in [0.1, 0.15) is 12.8 Å². The molecular formula is C15H15N3O3S. The van der Waals surface area contributed by atoms with E-state index in [-0.39, 0.29) is 6.10 Å². The zero-order valence-corrected chi connectivity index (χ0v) is 12.6. The van der Waals surface area contributed by atoms with Crippen LogP contribution < -0.4 is 11.1 Å². The number of nitrogens with one attached hydrogen (secondary N) is 2. The minimum absolute atomic E-state index is 0.290. The van der Waals surface area contributed by atoms with Crippen molar-refractivity contribution in [2.75, 3.05) is 18.5 Å². The summed E-state index contributed by atoms with van der Waals surface area (Å²) in [5.74, 6) is -0.440. The fourth-order valence-corrected chi connectivity index (χ4v) is 3.33. The van der Waals surface area contributed by atoms with Gasteiger partial charge in [-0.2, -0.15) is 0 Å². The van der Waals surface area contributed by atoms with Gasteiger partial charge in [0.2, 0.25) is 0 Å². The zero-order valence-electron chi connectivity index (χ0n) is 11.8. The summed E-state index contributed by atoms with van der Waals surface area (Å²) in [6.45, 7) is 1.65. The molecule has 0 radical (unpaired) electrons. The van der Waals surface area contributed by atoms with Crippen molar-refractivity contribution in [2.24, 2.45) is 0 Å². The number of hydrogen-bond donors (Lipinski definition) is 2. The van der Waals surface area contributed by atoms with Gasteiger partial charge in [-0.05, 0) is 25.0 Å². The molecule has 1 saturated heterocycles. The van der Waals surface area contributed by atoms with Crippen LogP contribution in [0.5, 0.6) is 0 Å². The summed E-state index contributed by atoms with van der Waals surface area (Å²) in [6, 6.07) is 5.58. The van der Waals surface area contributed by atoms with Gasteiger partial charge in [-0.15, -0.1) is 11.3 Å². The lowest BCUT2D eigenvalue weighted by Gasteiger charge is -2.09. The number of fused-ring (bicyclic) bond motifs is 1. The summed E-state index contributed by atoms with van der Waals surface area (Å²) in [5, 5.41) is 6.19. The number of thiazole rings is 1. The van der Waals surface area contributed by atoms with Crippen molar-refractivity contribution in [1.82, 2.24) is 9.97 Å². The molecule has 0 saturated carbocycles. The van der Waals surface area contributed by atoms with E-state index in [0.29, 0.717) is 11.1 Å². The van der Waals surface area contributed by atoms with Crippen molar-refractivity contribution in [2.45, 2.75) is 18.9 Å². The van der Waals surface area contributed by atoms with Crippen LogP contribution in [-0.2, 0) is 4.74 Å². The molecule has 1 aromatic carbocycles. The molecule has 1 atom stereocenters. The maximum absolute atomic E-state index is 11.2. The van der Waals surface area contributed by atoms with Crippen molar-refractivity contribution < 1.29 is 9.15 Å². The second kappa shape index (κ2) is 5.58. The predicted molar refractivity (Wildman–Crippen MR) is 85.4 cm³/mol. The van der Waals surface area contributed by atoms with E-state index in [1.165, 1.54) is 0 Å². The molecule has 2 aromatic heterocycles. The Hall–Kier alpha value is -2.12. The van der Waals surface area contributed by atoms with Gasteiger partial charge in [0.05, 0.1) is 17.3 Å². The second-order valence-corrected chi connectivity index (χ2v) is 6.14. The average Bonchev–Trinajstić information content (AvgIpc) is 3.24. The van der Waals surface area contributed by atoms with Crippen LogP contribution in [0, 0.1) is 0 Å². The minimum Gasteiger partial charge on any atom is -0.408 e. The zero-order chi connectivity index (χ0) is 14.9. The van der Waals surface area contributed by atoms with Crippen LogP contribution in [0.15, 0.2) is 32.8 Å². The number of aromatic nitrogens is 2. The normalized spacial score (nSPS) is 18.1. The molecule has 3 heterocycles. The number of H-pyrrole nitrogens is 1. The topological polar surface area (TPSA) is 80.2 Å². The highest BCUT2D eigenvalue weighted by molar-refractivity contribution is 7.14. The molecule has 1 fully saturated rings. The standard InChI is InChI=1S/C15H15N3O3S/c19-15-18-11-4-3-9(6-13(11)21-15)12-8-22-14(17-12)16-7-10-2-1-5-20-10/h3-4,6,8,10H,1-2,5,7H2,(H,16,17)(H,18,19)/t10-/m1/s1. The van der Waals surface area contributed by atoms with Crippen molar-refractivity contribution in [3.05, 3.63) is 34.1 Å². The first-order chi connectivity index (χ1) is 10.8. The molecule has 0 amide bonds. The SMILES string of the molecule is O=c1[nH]c2ccc(-c3csc(NC[C@H]4CCCO4)n3)cc2o1. The van der Waals surface area contributed by atoms with Gasteiger partial charge in [-0.1, -0.05) is 6.07 Å². The Bertz CT molecular complexity index is 845. The molecule has 4 rings (SSSR count). The summed E-state index contributed by atoms with van der Waals surface area (Å²) < 4.78 is 10.7. The number of aromatic amines is 1. The number of benzene rings is 1. The monoisotopic (exact) mass is 317 g/mol. The third-order valence-electron chi connectivity index (χ3n) is 3.73. The van der Waals surface area contributed by atoms with E-state index < -0.39 is 5.76 Å². The largest absolute Gasteiger partial charge is 0.417 e. The molecule has 1 aliphatic heterocycles. The number of ether oxygens (including phenoxy) is 1. The molecule has 0 bridgehead atoms. The lowest BCUT2D eigenvalue weighted by Crippen LogP contribution is -2.18. The van der Waals surface area contributed by atoms with Gasteiger partial charge < -0.3 is 14.5 Å². The fraction of sp³-hybridized carbons (Fsp3) is 0.333. The molecule has 7 heteroatoms. The summed E-state index contributed by atoms with van der Waals surface area (Å²) in [6.07, 6.45) is 2.53. The molecule has 6 nitrogen and oxygen atoms in total. The van der Waals surface area contributed by atoms with E-state index in [2.05, 4.69) is 15.3 Å². The van der Waals surface area contributed by atoms with Crippen molar-refractivity contribution >= 4 is 27.6 Å². The Morgan fingerprint density at radius 1 is 1.45 bits per heavy atom. The van der Waals surface area contributed by atoms with Crippen molar-refractivity contribution in [3.8, 4) is 11.3 Å². The number of anilines is 1. The summed E-state index contributed by atoms with van der Waals surface area (Å²) >= 11 is 1.56. The lowest BCUT2D eigenvalue weighted by molar-refractivity contribution is 0.120. The highest BCUT2D eigenvalue weighted by Gasteiger charge is 2.15. The Morgan fingerprint density at radius 2 is 2.41 bits per heavy atom. The van der Waals surface area contributed by atoms with Gasteiger partial charge in [0.25, 0.3) is 0 Å². The van der Waals surface area contributed by atoms with Crippen LogP contribution in [0.25, 0.3) is 22.4 Å². The molecule has 1 aliphatic rings. The average molecular weight is 317 g/mol. The van der Waals surface area contributed by atoms with Crippen LogP contribution >= 0.6 is 11.3 Å². The van der Waals surface area contributed by atoms with E-state index in [4.69, 9.17) is 9.15 Å². The Labute approximate surface area is 130 Å². The van der Waals surface area contributed by atoms with Gasteiger partial charge in [-0.25, -0.2) is 9.78 Å². The minimum atomic E-state index is -0.440. The first kappa shape index (κ1) is 13.5. The number of oxazole rings is 1. The van der Waals surface area contributed by atoms with Gasteiger partial charge >= 0.3 is 5.76 Å². The van der Waals surface area contributed by atoms with E-state index in [0.717, 1.165) is 42.4 Å². The van der Waals surface area contributed by atoms with E-state index in [9.17, 15) is 4.79 Å². The molecule has 3 aromatic rings. The van der Waals surface area contributed by atoms with Crippen LogP contribution in [0.3, 0.4) is 0 Å². The Balaban J connectivity index is 1.52. The molecule has 0 spiro atoms. The van der Waals surface area contributed by atoms with Crippen LogP contribution in [0.2, 0.25) is 0 Å². The molecule has 22 heavy (non-hydrogen) atoms. The first-order valence-electron chi connectivity index (χ1n) is 7.22. The smallest absolute Gasteiger partial charge is 0.408 e. The highest BCUT2D eigenvalue weighted by atomic mass is 32.1. The maximum Gasteiger partial charge on any atom is 0.417 e. The number of rotatable bonds is 4. The van der Waals surface area contributed by atoms with Crippen molar-refractivity contribution in [1.29, 1.82) is 0 Å². The van der Waals surface area contributed by atoms with E-state index in [1.54, 1.807) is 11.3 Å². The first-order valence-corrected chi connectivity index (χ1v) is 8.10. The van der Waals surface area contributed by atoms with E-state index >= 15 is 0 Å². The Morgan fingerprint density at radius 3 is 3.27 bits per heavy atom. The summed E-state index contributed by atoms with van der Waals surface area (Å²) in [4.78, 5) is 18.4. The van der Waals surface area contributed by atoms with Gasteiger partial charge in [0, 0.05) is 24.1 Å². The predicted octanol–water partition coefficient (Wildman–Crippen LogP) is 2.84. The molecule has 114 valence electrons. The molecule has 2 N–H and O–H groups in total. The van der Waals surface area contributed by atoms with Gasteiger partial charge in [0.15, 0.2) is 10.7 Å². The molecule has 0 aliphatic carbocycles. The Kier molecular flexibility index (Phi) is 3.44. The van der Waals surface area contributed by atoms with Gasteiger partial charge in [0.1, 0.15) is 0 Å². The third kappa shape index (κ3) is 2.65. The van der Waals surface area contributed by atoms with Crippen LogP contribution in [0.4, 0.5) is 5.13 Å². The van der Waals surface area contributed by atoms with Crippen molar-refractivity contribution in [3.63, 3.8) is 0 Å².